The van der Waals surface area contributed by atoms with Gasteiger partial charge in [0.05, 0.1) is 22.8 Å². The maximum atomic E-state index is 14.6. The second-order valence-electron chi connectivity index (χ2n) is 7.51. The second-order valence-corrected chi connectivity index (χ2v) is 7.51. The zero-order chi connectivity index (χ0) is 24.4. The number of carbonyl (C=O) groups is 2. The van der Waals surface area contributed by atoms with Gasteiger partial charge < -0.3 is 10.6 Å². The third-order valence-corrected chi connectivity index (χ3v) is 5.13. The quantitative estimate of drug-likeness (QED) is 0.353. The van der Waals surface area contributed by atoms with E-state index >= 15 is 0 Å². The van der Waals surface area contributed by atoms with Crippen molar-refractivity contribution in [1.29, 1.82) is 0 Å². The Hall–Kier alpha value is -4.99. The van der Waals surface area contributed by atoms with E-state index in [1.807, 2.05) is 0 Å². The van der Waals surface area contributed by atoms with Gasteiger partial charge >= 0.3 is 6.03 Å². The van der Waals surface area contributed by atoms with Crippen molar-refractivity contribution in [3.63, 3.8) is 0 Å². The SMILES string of the molecule is O=C(Nc1ccc(F)cc1)Nc1ccc(F)c(C(=O)c2ccc3ncc(-n4ccnc4)nc3c2)c1. The Morgan fingerprint density at radius 2 is 1.63 bits per heavy atom. The van der Waals surface area contributed by atoms with Crippen molar-refractivity contribution < 1.29 is 18.4 Å². The maximum Gasteiger partial charge on any atom is 0.323 e. The highest BCUT2D eigenvalue weighted by atomic mass is 19.1. The first kappa shape index (κ1) is 21.8. The third kappa shape index (κ3) is 4.71. The van der Waals surface area contributed by atoms with Crippen LogP contribution in [0.25, 0.3) is 16.9 Å². The molecule has 0 aliphatic rings. The van der Waals surface area contributed by atoms with Crippen molar-refractivity contribution >= 4 is 34.2 Å². The minimum atomic E-state index is -0.738. The lowest BCUT2D eigenvalue weighted by Crippen LogP contribution is -2.19. The molecule has 0 unspecified atom stereocenters. The van der Waals surface area contributed by atoms with Crippen molar-refractivity contribution in [3.05, 3.63) is 108 Å². The van der Waals surface area contributed by atoms with Crippen LogP contribution in [-0.4, -0.2) is 31.3 Å². The molecular weight excluding hydrogens is 454 g/mol. The molecule has 2 amide bonds. The predicted molar refractivity (Wildman–Crippen MR) is 126 cm³/mol. The number of halogens is 2. The summed E-state index contributed by atoms with van der Waals surface area (Å²) in [6, 6.07) is 13.0. The van der Waals surface area contributed by atoms with Crippen molar-refractivity contribution in [2.75, 3.05) is 10.6 Å². The van der Waals surface area contributed by atoms with E-state index in [0.717, 1.165) is 6.07 Å². The number of carbonyl (C=O) groups excluding carboxylic acids is 2. The number of fused-ring (bicyclic) bond motifs is 1. The summed E-state index contributed by atoms with van der Waals surface area (Å²) in [5, 5.41) is 5.07. The monoisotopic (exact) mass is 470 g/mol. The molecule has 0 saturated carbocycles. The molecule has 3 aromatic carbocycles. The predicted octanol–water partition coefficient (Wildman–Crippen LogP) is 4.97. The van der Waals surface area contributed by atoms with Crippen molar-refractivity contribution in [3.8, 4) is 5.82 Å². The smallest absolute Gasteiger partial charge is 0.308 e. The van der Waals surface area contributed by atoms with Gasteiger partial charge in [0.1, 0.15) is 18.0 Å². The molecule has 0 fully saturated rings. The van der Waals surface area contributed by atoms with Crippen LogP contribution >= 0.6 is 0 Å². The molecule has 2 aromatic heterocycles. The Balaban J connectivity index is 1.39. The molecule has 5 rings (SSSR count). The van der Waals surface area contributed by atoms with E-state index in [9.17, 15) is 18.4 Å². The summed E-state index contributed by atoms with van der Waals surface area (Å²) in [4.78, 5) is 38.2. The van der Waals surface area contributed by atoms with E-state index in [1.165, 1.54) is 48.5 Å². The number of hydrogen-bond donors (Lipinski definition) is 2. The highest BCUT2D eigenvalue weighted by molar-refractivity contribution is 6.11. The third-order valence-electron chi connectivity index (χ3n) is 5.13. The van der Waals surface area contributed by atoms with Crippen LogP contribution < -0.4 is 10.6 Å². The molecule has 35 heavy (non-hydrogen) atoms. The van der Waals surface area contributed by atoms with Gasteiger partial charge in [0.2, 0.25) is 0 Å². The average Bonchev–Trinajstić information content (AvgIpc) is 3.41. The number of urea groups is 1. The van der Waals surface area contributed by atoms with Gasteiger partial charge in [0, 0.05) is 29.3 Å². The van der Waals surface area contributed by atoms with Crippen LogP contribution in [0.15, 0.2) is 85.6 Å². The molecule has 10 heteroatoms. The normalized spacial score (nSPS) is 10.8. The van der Waals surface area contributed by atoms with E-state index in [-0.39, 0.29) is 16.8 Å². The molecule has 0 aliphatic carbocycles. The molecule has 0 spiro atoms. The molecule has 172 valence electrons. The molecule has 5 aromatic rings. The number of ketones is 1. The van der Waals surface area contributed by atoms with Crippen LogP contribution in [0.4, 0.5) is 25.0 Å². The number of nitrogens with zero attached hydrogens (tertiary/aromatic N) is 4. The van der Waals surface area contributed by atoms with Crippen LogP contribution in [-0.2, 0) is 0 Å². The molecule has 0 saturated heterocycles. The summed E-state index contributed by atoms with van der Waals surface area (Å²) < 4.78 is 29.3. The van der Waals surface area contributed by atoms with E-state index in [0.29, 0.717) is 22.5 Å². The van der Waals surface area contributed by atoms with Crippen molar-refractivity contribution in [2.24, 2.45) is 0 Å². The zero-order valence-electron chi connectivity index (χ0n) is 17.9. The molecule has 0 bridgehead atoms. The number of benzene rings is 3. The van der Waals surface area contributed by atoms with E-state index in [4.69, 9.17) is 0 Å². The standard InChI is InChI=1S/C25H16F2N6O2/c26-16-2-4-17(5-3-16)30-25(35)31-18-6-7-20(27)19(12-18)24(34)15-1-8-21-22(11-15)32-23(13-29-21)33-10-9-28-14-33/h1-14H,(H2,30,31,35). The lowest BCUT2D eigenvalue weighted by molar-refractivity contribution is 0.103. The number of nitrogens with one attached hydrogen (secondary N) is 2. The zero-order valence-corrected chi connectivity index (χ0v) is 17.9. The van der Waals surface area contributed by atoms with Crippen LogP contribution in [0.2, 0.25) is 0 Å². The second kappa shape index (κ2) is 9.10. The molecule has 2 heterocycles. The number of rotatable bonds is 5. The Morgan fingerprint density at radius 3 is 2.40 bits per heavy atom. The summed E-state index contributed by atoms with van der Waals surface area (Å²) in [5.74, 6) is -1.24. The summed E-state index contributed by atoms with van der Waals surface area (Å²) in [6.07, 6.45) is 6.47. The highest BCUT2D eigenvalue weighted by Gasteiger charge is 2.17. The molecule has 0 atom stereocenters. The van der Waals surface area contributed by atoms with Crippen LogP contribution in [0.3, 0.4) is 0 Å². The Morgan fingerprint density at radius 1 is 0.857 bits per heavy atom. The first-order valence-corrected chi connectivity index (χ1v) is 10.4. The first-order chi connectivity index (χ1) is 17.0. The van der Waals surface area contributed by atoms with E-state index < -0.39 is 23.4 Å². The van der Waals surface area contributed by atoms with Gasteiger partial charge in [-0.2, -0.15) is 0 Å². The topological polar surface area (TPSA) is 102 Å². The summed E-state index contributed by atoms with van der Waals surface area (Å²) in [6.45, 7) is 0. The molecule has 2 N–H and O–H groups in total. The maximum absolute atomic E-state index is 14.6. The first-order valence-electron chi connectivity index (χ1n) is 10.4. The van der Waals surface area contributed by atoms with Crippen LogP contribution in [0, 0.1) is 11.6 Å². The average molecular weight is 470 g/mol. The number of imidazole rings is 1. The fourth-order valence-corrected chi connectivity index (χ4v) is 3.42. The van der Waals surface area contributed by atoms with Gasteiger partial charge in [-0.3, -0.25) is 14.3 Å². The Bertz CT molecular complexity index is 1550. The Labute approximate surface area is 197 Å². The van der Waals surface area contributed by atoms with Gasteiger partial charge in [-0.25, -0.2) is 23.5 Å². The molecule has 0 aliphatic heterocycles. The molecule has 8 nitrogen and oxygen atoms in total. The highest BCUT2D eigenvalue weighted by Crippen LogP contribution is 2.21. The summed E-state index contributed by atoms with van der Waals surface area (Å²) in [7, 11) is 0. The summed E-state index contributed by atoms with van der Waals surface area (Å²) >= 11 is 0. The number of anilines is 2. The van der Waals surface area contributed by atoms with Gasteiger partial charge in [0.15, 0.2) is 11.6 Å². The van der Waals surface area contributed by atoms with E-state index in [2.05, 4.69) is 25.6 Å². The Kier molecular flexibility index (Phi) is 5.68. The molecule has 0 radical (unpaired) electrons. The van der Waals surface area contributed by atoms with Gasteiger partial charge in [-0.15, -0.1) is 0 Å². The number of amides is 2. The fraction of sp³-hybridized carbons (Fsp3) is 0. The molecular formula is C25H16F2N6O2. The number of hydrogen-bond acceptors (Lipinski definition) is 5. The minimum absolute atomic E-state index is 0.206. The van der Waals surface area contributed by atoms with Crippen molar-refractivity contribution in [1.82, 2.24) is 19.5 Å². The lowest BCUT2D eigenvalue weighted by atomic mass is 10.0. The summed E-state index contributed by atoms with van der Waals surface area (Å²) in [5.41, 5.74) is 1.59. The van der Waals surface area contributed by atoms with Gasteiger partial charge in [-0.1, -0.05) is 0 Å². The van der Waals surface area contributed by atoms with Crippen LogP contribution in [0.1, 0.15) is 15.9 Å². The fourth-order valence-electron chi connectivity index (χ4n) is 3.42. The number of aromatic nitrogens is 4. The lowest BCUT2D eigenvalue weighted by Gasteiger charge is -2.10. The van der Waals surface area contributed by atoms with E-state index in [1.54, 1.807) is 35.6 Å². The van der Waals surface area contributed by atoms with Crippen LogP contribution in [0.5, 0.6) is 0 Å². The van der Waals surface area contributed by atoms with Gasteiger partial charge in [0.25, 0.3) is 0 Å². The minimum Gasteiger partial charge on any atom is -0.308 e. The van der Waals surface area contributed by atoms with Crippen molar-refractivity contribution in [2.45, 2.75) is 0 Å². The van der Waals surface area contributed by atoms with Gasteiger partial charge in [-0.05, 0) is 60.7 Å². The largest absolute Gasteiger partial charge is 0.323 e.